The van der Waals surface area contributed by atoms with Crippen molar-refractivity contribution in [1.82, 2.24) is 0 Å². The summed E-state index contributed by atoms with van der Waals surface area (Å²) in [5.41, 5.74) is 1.61. The topological polar surface area (TPSA) is 40.5 Å². The van der Waals surface area contributed by atoms with Crippen molar-refractivity contribution >= 4 is 0 Å². The summed E-state index contributed by atoms with van der Waals surface area (Å²) >= 11 is 0. The highest BCUT2D eigenvalue weighted by Gasteiger charge is 2.53. The maximum absolute atomic E-state index is 12.1. The fourth-order valence-electron chi connectivity index (χ4n) is 4.44. The molecular formula is C23H22O2. The normalized spacial score (nSPS) is 31.0. The molecule has 0 spiro atoms. The second-order valence-corrected chi connectivity index (χ2v) is 6.92. The van der Waals surface area contributed by atoms with Crippen molar-refractivity contribution in [1.29, 1.82) is 0 Å². The van der Waals surface area contributed by atoms with Crippen molar-refractivity contribution in [2.45, 2.75) is 18.4 Å². The summed E-state index contributed by atoms with van der Waals surface area (Å²) in [6.07, 6.45) is 7.92. The predicted molar refractivity (Wildman–Crippen MR) is 100 cm³/mol. The van der Waals surface area contributed by atoms with Crippen LogP contribution in [0.3, 0.4) is 0 Å². The van der Waals surface area contributed by atoms with Crippen LogP contribution in [0.2, 0.25) is 0 Å². The zero-order valence-electron chi connectivity index (χ0n) is 14.2. The first-order valence-electron chi connectivity index (χ1n) is 8.71. The molecule has 0 aliphatic heterocycles. The number of aliphatic hydroxyl groups excluding tert-OH is 1. The average molecular weight is 330 g/mol. The van der Waals surface area contributed by atoms with Gasteiger partial charge in [0.05, 0.1) is 5.76 Å². The maximum Gasteiger partial charge on any atom is 0.107 e. The van der Waals surface area contributed by atoms with Crippen LogP contribution in [0.4, 0.5) is 0 Å². The van der Waals surface area contributed by atoms with Gasteiger partial charge in [-0.1, -0.05) is 85.0 Å². The number of fused-ring (bicyclic) bond motifs is 1. The molecule has 0 fully saturated rings. The van der Waals surface area contributed by atoms with Crippen LogP contribution in [0.15, 0.2) is 96.3 Å². The molecule has 126 valence electrons. The molecule has 2 N–H and O–H groups in total. The van der Waals surface area contributed by atoms with Gasteiger partial charge in [0.1, 0.15) is 5.60 Å². The largest absolute Gasteiger partial charge is 0.512 e. The smallest absolute Gasteiger partial charge is 0.107 e. The number of hydrogen-bond donors (Lipinski definition) is 2. The Morgan fingerprint density at radius 1 is 0.840 bits per heavy atom. The second kappa shape index (κ2) is 6.05. The number of benzene rings is 2. The molecule has 0 bridgehead atoms. The molecule has 0 saturated heterocycles. The Morgan fingerprint density at radius 3 is 2.12 bits per heavy atom. The molecule has 2 heteroatoms. The first-order valence-corrected chi connectivity index (χ1v) is 8.71. The Hall–Kier alpha value is -2.58. The molecule has 2 aliphatic rings. The average Bonchev–Trinajstić information content (AvgIpc) is 2.68. The third kappa shape index (κ3) is 2.37. The minimum atomic E-state index is -1.12. The summed E-state index contributed by atoms with van der Waals surface area (Å²) in [5, 5.41) is 23.0. The molecule has 0 saturated carbocycles. The molecule has 0 heterocycles. The van der Waals surface area contributed by atoms with Crippen molar-refractivity contribution in [3.8, 4) is 0 Å². The summed E-state index contributed by atoms with van der Waals surface area (Å²) in [7, 11) is 0. The lowest BCUT2D eigenvalue weighted by Gasteiger charge is -2.49. The minimum absolute atomic E-state index is 0.199. The summed E-state index contributed by atoms with van der Waals surface area (Å²) in [4.78, 5) is 0. The summed E-state index contributed by atoms with van der Waals surface area (Å²) < 4.78 is 0. The molecule has 25 heavy (non-hydrogen) atoms. The van der Waals surface area contributed by atoms with Gasteiger partial charge in [-0.3, -0.25) is 0 Å². The molecule has 0 amide bonds. The second-order valence-electron chi connectivity index (χ2n) is 6.92. The SMILES string of the molecule is CC1=C(O)[C@@H]2C=CC=C[C@@H]2[C@](O)(c2ccccc2)[C@@H]1c1ccccc1. The van der Waals surface area contributed by atoms with Crippen molar-refractivity contribution in [2.24, 2.45) is 11.8 Å². The van der Waals surface area contributed by atoms with Gasteiger partial charge in [0.2, 0.25) is 0 Å². The van der Waals surface area contributed by atoms with Gasteiger partial charge in [-0.15, -0.1) is 0 Å². The third-order valence-electron chi connectivity index (χ3n) is 5.61. The van der Waals surface area contributed by atoms with E-state index in [4.69, 9.17) is 0 Å². The van der Waals surface area contributed by atoms with Gasteiger partial charge in [-0.25, -0.2) is 0 Å². The molecule has 2 aromatic carbocycles. The summed E-state index contributed by atoms with van der Waals surface area (Å²) in [5.74, 6) is -0.336. The molecule has 0 radical (unpaired) electrons. The van der Waals surface area contributed by atoms with E-state index in [1.54, 1.807) is 0 Å². The lowest BCUT2D eigenvalue weighted by atomic mass is 9.58. The standard InChI is InChI=1S/C23H22O2/c1-16-21(17-10-4-2-5-11-17)23(25,18-12-6-3-7-13-18)20-15-9-8-14-19(20)22(16)24/h2-15,19-21,24-25H,1H3/t19-,20+,21+,23-/m1/s1. The summed E-state index contributed by atoms with van der Waals surface area (Å²) in [6, 6.07) is 19.8. The van der Waals surface area contributed by atoms with Crippen LogP contribution in [-0.2, 0) is 5.60 Å². The van der Waals surface area contributed by atoms with E-state index in [1.165, 1.54) is 0 Å². The fraction of sp³-hybridized carbons (Fsp3) is 0.217. The molecule has 2 aliphatic carbocycles. The van der Waals surface area contributed by atoms with Crippen LogP contribution in [-0.4, -0.2) is 10.2 Å². The lowest BCUT2D eigenvalue weighted by molar-refractivity contribution is -0.0491. The zero-order chi connectivity index (χ0) is 17.4. The molecule has 2 nitrogen and oxygen atoms in total. The van der Waals surface area contributed by atoms with E-state index in [2.05, 4.69) is 0 Å². The highest BCUT2D eigenvalue weighted by Crippen LogP contribution is 2.55. The Morgan fingerprint density at radius 2 is 1.44 bits per heavy atom. The van der Waals surface area contributed by atoms with Crippen LogP contribution in [0.1, 0.15) is 24.0 Å². The van der Waals surface area contributed by atoms with Crippen LogP contribution in [0.5, 0.6) is 0 Å². The van der Waals surface area contributed by atoms with Gasteiger partial charge >= 0.3 is 0 Å². The zero-order valence-corrected chi connectivity index (χ0v) is 14.2. The Labute approximate surface area is 148 Å². The van der Waals surface area contributed by atoms with E-state index in [1.807, 2.05) is 91.9 Å². The van der Waals surface area contributed by atoms with Crippen molar-refractivity contribution in [2.75, 3.05) is 0 Å². The van der Waals surface area contributed by atoms with Crippen LogP contribution >= 0.6 is 0 Å². The first-order chi connectivity index (χ1) is 12.1. The fourth-order valence-corrected chi connectivity index (χ4v) is 4.44. The number of allylic oxidation sites excluding steroid dienone is 3. The van der Waals surface area contributed by atoms with Crippen molar-refractivity contribution < 1.29 is 10.2 Å². The first kappa shape index (κ1) is 15.9. The predicted octanol–water partition coefficient (Wildman–Crippen LogP) is 4.86. The van der Waals surface area contributed by atoms with E-state index < -0.39 is 5.60 Å². The quantitative estimate of drug-likeness (QED) is 0.825. The van der Waals surface area contributed by atoms with E-state index in [0.29, 0.717) is 5.76 Å². The highest BCUT2D eigenvalue weighted by molar-refractivity contribution is 5.46. The Bertz CT molecular complexity index is 848. The number of hydrogen-bond acceptors (Lipinski definition) is 2. The van der Waals surface area contributed by atoms with Crippen LogP contribution < -0.4 is 0 Å². The van der Waals surface area contributed by atoms with Gasteiger partial charge in [0.25, 0.3) is 0 Å². The van der Waals surface area contributed by atoms with Gasteiger partial charge in [-0.05, 0) is 23.6 Å². The van der Waals surface area contributed by atoms with Crippen LogP contribution in [0.25, 0.3) is 0 Å². The molecule has 0 unspecified atom stereocenters. The molecule has 4 atom stereocenters. The van der Waals surface area contributed by atoms with Gasteiger partial charge in [0, 0.05) is 17.8 Å². The molecule has 2 aromatic rings. The number of aliphatic hydroxyl groups is 2. The van der Waals surface area contributed by atoms with Crippen molar-refractivity contribution in [3.05, 3.63) is 107 Å². The van der Waals surface area contributed by atoms with E-state index in [-0.39, 0.29) is 17.8 Å². The Balaban J connectivity index is 1.99. The van der Waals surface area contributed by atoms with E-state index in [0.717, 1.165) is 16.7 Å². The Kier molecular flexibility index (Phi) is 3.85. The summed E-state index contributed by atoms with van der Waals surface area (Å²) in [6.45, 7) is 1.93. The molecular weight excluding hydrogens is 308 g/mol. The minimum Gasteiger partial charge on any atom is -0.512 e. The monoisotopic (exact) mass is 330 g/mol. The van der Waals surface area contributed by atoms with Gasteiger partial charge in [0.15, 0.2) is 0 Å². The third-order valence-corrected chi connectivity index (χ3v) is 5.61. The highest BCUT2D eigenvalue weighted by atomic mass is 16.3. The van der Waals surface area contributed by atoms with Crippen molar-refractivity contribution in [3.63, 3.8) is 0 Å². The van der Waals surface area contributed by atoms with Crippen LogP contribution in [0, 0.1) is 11.8 Å². The van der Waals surface area contributed by atoms with Gasteiger partial charge in [-0.2, -0.15) is 0 Å². The molecule has 0 aromatic heterocycles. The van der Waals surface area contributed by atoms with E-state index >= 15 is 0 Å². The maximum atomic E-state index is 12.1. The van der Waals surface area contributed by atoms with E-state index in [9.17, 15) is 10.2 Å². The molecule has 4 rings (SSSR count). The van der Waals surface area contributed by atoms with Gasteiger partial charge < -0.3 is 10.2 Å². The lowest BCUT2D eigenvalue weighted by Crippen LogP contribution is -2.48. The number of rotatable bonds is 2.